The number of likely N-dealkylation sites (N-methyl/N-ethyl adjacent to an activating group) is 1. The Morgan fingerprint density at radius 3 is 2.65 bits per heavy atom. The third-order valence-corrected chi connectivity index (χ3v) is 3.79. The maximum atomic E-state index is 5.44. The summed E-state index contributed by atoms with van der Waals surface area (Å²) in [5.41, 5.74) is 4.13. The summed E-state index contributed by atoms with van der Waals surface area (Å²) in [5.74, 6) is 0.978. The molecule has 0 unspecified atom stereocenters. The number of benzene rings is 1. The van der Waals surface area contributed by atoms with E-state index < -0.39 is 0 Å². The molecule has 0 saturated heterocycles. The average Bonchev–Trinajstić information content (AvgIpc) is 2.37. The van der Waals surface area contributed by atoms with Crippen molar-refractivity contribution in [1.29, 1.82) is 0 Å². The molecule has 0 fully saturated rings. The highest BCUT2D eigenvalue weighted by Gasteiger charge is 2.24. The van der Waals surface area contributed by atoms with Crippen molar-refractivity contribution in [2.45, 2.75) is 32.2 Å². The fourth-order valence-corrected chi connectivity index (χ4v) is 2.32. The summed E-state index contributed by atoms with van der Waals surface area (Å²) in [7, 11) is 3.75. The largest absolute Gasteiger partial charge is 0.496 e. The number of nitrogens with one attached hydrogen (secondary N) is 1. The number of fused-ring (bicyclic) bond motifs is 1. The molecule has 0 heterocycles. The first-order chi connectivity index (χ1) is 8.08. The van der Waals surface area contributed by atoms with Crippen LogP contribution in [0.5, 0.6) is 5.75 Å². The van der Waals surface area contributed by atoms with E-state index in [1.165, 1.54) is 16.7 Å². The minimum Gasteiger partial charge on any atom is -0.496 e. The van der Waals surface area contributed by atoms with Crippen molar-refractivity contribution >= 4 is 6.08 Å². The van der Waals surface area contributed by atoms with Crippen molar-refractivity contribution in [2.75, 3.05) is 14.2 Å². The number of aryl methyl sites for hydroxylation is 1. The highest BCUT2D eigenvalue weighted by Crippen LogP contribution is 2.34. The van der Waals surface area contributed by atoms with Gasteiger partial charge in [0, 0.05) is 11.1 Å². The summed E-state index contributed by atoms with van der Waals surface area (Å²) in [4.78, 5) is 0. The number of methoxy groups -OCH3 is 1. The zero-order valence-corrected chi connectivity index (χ0v) is 11.1. The molecule has 2 rings (SSSR count). The number of ether oxygens (including phenoxy) is 1. The van der Waals surface area contributed by atoms with Crippen molar-refractivity contribution in [3.8, 4) is 5.75 Å². The van der Waals surface area contributed by atoms with Gasteiger partial charge in [-0.25, -0.2) is 0 Å². The van der Waals surface area contributed by atoms with Gasteiger partial charge in [-0.3, -0.25) is 0 Å². The van der Waals surface area contributed by atoms with Gasteiger partial charge in [-0.05, 0) is 57.0 Å². The summed E-state index contributed by atoms with van der Waals surface area (Å²) in [6.45, 7) is 4.44. The summed E-state index contributed by atoms with van der Waals surface area (Å²) >= 11 is 0. The van der Waals surface area contributed by atoms with Gasteiger partial charge in [0.25, 0.3) is 0 Å². The van der Waals surface area contributed by atoms with E-state index in [1.54, 1.807) is 7.11 Å². The van der Waals surface area contributed by atoms with Crippen LogP contribution in [0.1, 0.15) is 31.4 Å². The normalized spacial score (nSPS) is 15.2. The van der Waals surface area contributed by atoms with Gasteiger partial charge >= 0.3 is 0 Å². The highest BCUT2D eigenvalue weighted by atomic mass is 16.5. The summed E-state index contributed by atoms with van der Waals surface area (Å²) in [5, 5.41) is 3.37. The standard InChI is InChI=1S/C15H21NO/c1-15(2,16-3)12-9-8-11-6-5-7-14(17-4)13(11)10-12/h5-7,10,16H,8-9H2,1-4H3. The zero-order valence-electron chi connectivity index (χ0n) is 11.1. The fraction of sp³-hybridized carbons (Fsp3) is 0.467. The summed E-state index contributed by atoms with van der Waals surface area (Å²) in [6, 6.07) is 6.29. The predicted molar refractivity (Wildman–Crippen MR) is 72.4 cm³/mol. The molecule has 0 aromatic heterocycles. The van der Waals surface area contributed by atoms with Gasteiger partial charge in [0.15, 0.2) is 0 Å². The van der Waals surface area contributed by atoms with Crippen molar-refractivity contribution in [3.05, 3.63) is 34.9 Å². The van der Waals surface area contributed by atoms with Gasteiger partial charge in [-0.15, -0.1) is 0 Å². The zero-order chi connectivity index (χ0) is 12.5. The van der Waals surface area contributed by atoms with E-state index in [1.807, 2.05) is 13.1 Å². The van der Waals surface area contributed by atoms with E-state index in [-0.39, 0.29) is 5.54 Å². The lowest BCUT2D eigenvalue weighted by Crippen LogP contribution is -2.38. The molecule has 1 aromatic rings. The highest BCUT2D eigenvalue weighted by molar-refractivity contribution is 5.67. The Hall–Kier alpha value is -1.28. The fourth-order valence-electron chi connectivity index (χ4n) is 2.32. The van der Waals surface area contributed by atoms with Crippen LogP contribution in [0.15, 0.2) is 23.8 Å². The van der Waals surface area contributed by atoms with E-state index in [9.17, 15) is 0 Å². The molecule has 0 saturated carbocycles. The molecule has 0 atom stereocenters. The monoisotopic (exact) mass is 231 g/mol. The van der Waals surface area contributed by atoms with Gasteiger partial charge < -0.3 is 10.1 Å². The van der Waals surface area contributed by atoms with Gasteiger partial charge in [0.2, 0.25) is 0 Å². The first-order valence-corrected chi connectivity index (χ1v) is 6.14. The molecule has 1 aliphatic carbocycles. The van der Waals surface area contributed by atoms with Crippen LogP contribution in [-0.4, -0.2) is 19.7 Å². The molecular formula is C15H21NO. The van der Waals surface area contributed by atoms with Crippen LogP contribution in [0.25, 0.3) is 6.08 Å². The smallest absolute Gasteiger partial charge is 0.126 e. The maximum Gasteiger partial charge on any atom is 0.126 e. The molecule has 0 bridgehead atoms. The topological polar surface area (TPSA) is 21.3 Å². The van der Waals surface area contributed by atoms with Gasteiger partial charge in [-0.1, -0.05) is 12.1 Å². The number of hydrogen-bond donors (Lipinski definition) is 1. The van der Waals surface area contributed by atoms with E-state index in [2.05, 4.69) is 37.4 Å². The van der Waals surface area contributed by atoms with E-state index in [4.69, 9.17) is 4.74 Å². The third kappa shape index (κ3) is 2.22. The molecule has 92 valence electrons. The lowest BCUT2D eigenvalue weighted by molar-refractivity contribution is 0.412. The van der Waals surface area contributed by atoms with E-state index >= 15 is 0 Å². The summed E-state index contributed by atoms with van der Waals surface area (Å²) in [6.07, 6.45) is 4.51. The molecule has 2 heteroatoms. The van der Waals surface area contributed by atoms with Crippen molar-refractivity contribution in [2.24, 2.45) is 0 Å². The lowest BCUT2D eigenvalue weighted by Gasteiger charge is -2.31. The molecular weight excluding hydrogens is 210 g/mol. The first kappa shape index (κ1) is 12.2. The molecule has 1 aliphatic rings. The minimum atomic E-state index is 0.0541. The van der Waals surface area contributed by atoms with Crippen LogP contribution in [0.2, 0.25) is 0 Å². The second kappa shape index (κ2) is 4.53. The maximum absolute atomic E-state index is 5.44. The van der Waals surface area contributed by atoms with Gasteiger partial charge in [0.05, 0.1) is 7.11 Å². The predicted octanol–water partition coefficient (Wildman–Crippen LogP) is 3.02. The van der Waals surface area contributed by atoms with Gasteiger partial charge in [0.1, 0.15) is 5.75 Å². The average molecular weight is 231 g/mol. The SMILES string of the molecule is CNC(C)(C)C1=Cc2c(cccc2OC)CC1. The third-order valence-electron chi connectivity index (χ3n) is 3.79. The minimum absolute atomic E-state index is 0.0541. The second-order valence-corrected chi connectivity index (χ2v) is 5.08. The van der Waals surface area contributed by atoms with Crippen molar-refractivity contribution < 1.29 is 4.74 Å². The second-order valence-electron chi connectivity index (χ2n) is 5.08. The quantitative estimate of drug-likeness (QED) is 0.863. The van der Waals surface area contributed by atoms with Crippen molar-refractivity contribution in [3.63, 3.8) is 0 Å². The Labute approximate surface area is 104 Å². The van der Waals surface area contributed by atoms with Gasteiger partial charge in [-0.2, -0.15) is 0 Å². The van der Waals surface area contributed by atoms with E-state index in [0.717, 1.165) is 18.6 Å². The van der Waals surface area contributed by atoms with Crippen molar-refractivity contribution in [1.82, 2.24) is 5.32 Å². The Morgan fingerprint density at radius 1 is 1.24 bits per heavy atom. The van der Waals surface area contributed by atoms with Crippen LogP contribution < -0.4 is 10.1 Å². The molecule has 0 radical (unpaired) electrons. The lowest BCUT2D eigenvalue weighted by atomic mass is 9.82. The van der Waals surface area contributed by atoms with E-state index in [0.29, 0.717) is 0 Å². The molecule has 0 amide bonds. The first-order valence-electron chi connectivity index (χ1n) is 6.14. The molecule has 1 N–H and O–H groups in total. The van der Waals surface area contributed by atoms with Crippen LogP contribution in [0.3, 0.4) is 0 Å². The Morgan fingerprint density at radius 2 is 2.00 bits per heavy atom. The van der Waals surface area contributed by atoms with Crippen LogP contribution in [0.4, 0.5) is 0 Å². The molecule has 0 spiro atoms. The Balaban J connectivity index is 2.46. The molecule has 1 aromatic carbocycles. The molecule has 17 heavy (non-hydrogen) atoms. The Bertz CT molecular complexity index is 446. The molecule has 0 aliphatic heterocycles. The summed E-state index contributed by atoms with van der Waals surface area (Å²) < 4.78 is 5.44. The number of rotatable bonds is 3. The van der Waals surface area contributed by atoms with Crippen LogP contribution in [0, 0.1) is 0 Å². The Kier molecular flexibility index (Phi) is 3.25. The molecule has 2 nitrogen and oxygen atoms in total. The number of hydrogen-bond acceptors (Lipinski definition) is 2. The van der Waals surface area contributed by atoms with Crippen LogP contribution >= 0.6 is 0 Å². The van der Waals surface area contributed by atoms with Crippen LogP contribution in [-0.2, 0) is 6.42 Å².